The van der Waals surface area contributed by atoms with Gasteiger partial charge < -0.3 is 9.64 Å². The van der Waals surface area contributed by atoms with E-state index < -0.39 is 6.10 Å². The van der Waals surface area contributed by atoms with Crippen molar-refractivity contribution >= 4 is 5.91 Å². The van der Waals surface area contributed by atoms with Crippen LogP contribution in [0.4, 0.5) is 0 Å². The normalized spacial score (nSPS) is 15.0. The van der Waals surface area contributed by atoms with Crippen LogP contribution in [0.3, 0.4) is 0 Å². The minimum atomic E-state index is -0.486. The zero-order valence-electron chi connectivity index (χ0n) is 13.6. The van der Waals surface area contributed by atoms with Crippen LogP contribution < -0.4 is 4.74 Å². The van der Waals surface area contributed by atoms with Crippen LogP contribution in [0.15, 0.2) is 48.8 Å². The third-order valence-electron chi connectivity index (χ3n) is 4.05. The molecule has 0 aliphatic heterocycles. The first-order chi connectivity index (χ1) is 11.1. The number of pyridine rings is 1. The van der Waals surface area contributed by atoms with Gasteiger partial charge in [0.2, 0.25) is 0 Å². The van der Waals surface area contributed by atoms with Crippen molar-refractivity contribution in [2.75, 3.05) is 0 Å². The van der Waals surface area contributed by atoms with Gasteiger partial charge in [0.15, 0.2) is 6.10 Å². The number of ether oxygens (including phenoxy) is 1. The van der Waals surface area contributed by atoms with Crippen molar-refractivity contribution in [1.29, 1.82) is 0 Å². The number of hydrogen-bond acceptors (Lipinski definition) is 3. The second-order valence-corrected chi connectivity index (χ2v) is 6.13. The first-order valence-corrected chi connectivity index (χ1v) is 8.06. The van der Waals surface area contributed by atoms with Crippen LogP contribution in [-0.2, 0) is 11.3 Å². The van der Waals surface area contributed by atoms with E-state index in [1.54, 1.807) is 12.4 Å². The van der Waals surface area contributed by atoms with Crippen molar-refractivity contribution in [3.63, 3.8) is 0 Å². The van der Waals surface area contributed by atoms with Gasteiger partial charge in [-0.2, -0.15) is 0 Å². The number of aryl methyl sites for hydroxylation is 1. The minimum Gasteiger partial charge on any atom is -0.481 e. The Labute approximate surface area is 137 Å². The standard InChI is InChI=1S/C19H22N2O2/c1-14-3-7-18(8-4-14)23-15(2)19(22)21(17-5-6-17)13-16-9-11-20-12-10-16/h3-4,7-12,15,17H,5-6,13H2,1-2H3. The van der Waals surface area contributed by atoms with Crippen molar-refractivity contribution < 1.29 is 9.53 Å². The molecule has 4 heteroatoms. The van der Waals surface area contributed by atoms with Gasteiger partial charge in [-0.15, -0.1) is 0 Å². The summed E-state index contributed by atoms with van der Waals surface area (Å²) in [5, 5.41) is 0. The summed E-state index contributed by atoms with van der Waals surface area (Å²) in [5.41, 5.74) is 2.27. The number of amides is 1. The zero-order chi connectivity index (χ0) is 16.2. The Morgan fingerprint density at radius 1 is 1.22 bits per heavy atom. The van der Waals surface area contributed by atoms with E-state index in [1.807, 2.05) is 55.1 Å². The van der Waals surface area contributed by atoms with E-state index in [0.29, 0.717) is 12.6 Å². The number of aromatic nitrogens is 1. The molecule has 1 aromatic carbocycles. The maximum absolute atomic E-state index is 12.8. The van der Waals surface area contributed by atoms with Crippen LogP contribution in [-0.4, -0.2) is 27.9 Å². The average molecular weight is 310 g/mol. The molecule has 1 aliphatic rings. The van der Waals surface area contributed by atoms with Crippen molar-refractivity contribution in [3.05, 3.63) is 59.9 Å². The van der Waals surface area contributed by atoms with Gasteiger partial charge in [0, 0.05) is 25.0 Å². The molecular weight excluding hydrogens is 288 g/mol. The van der Waals surface area contributed by atoms with Crippen molar-refractivity contribution in [2.45, 2.75) is 45.4 Å². The molecular formula is C19H22N2O2. The summed E-state index contributed by atoms with van der Waals surface area (Å²) in [7, 11) is 0. The molecule has 1 atom stereocenters. The van der Waals surface area contributed by atoms with Crippen LogP contribution in [0.5, 0.6) is 5.75 Å². The molecule has 1 saturated carbocycles. The van der Waals surface area contributed by atoms with Crippen LogP contribution in [0, 0.1) is 6.92 Å². The number of carbonyl (C=O) groups is 1. The molecule has 0 bridgehead atoms. The van der Waals surface area contributed by atoms with Crippen LogP contribution >= 0.6 is 0 Å². The molecule has 3 rings (SSSR count). The lowest BCUT2D eigenvalue weighted by molar-refractivity contribution is -0.139. The van der Waals surface area contributed by atoms with E-state index in [9.17, 15) is 4.79 Å². The van der Waals surface area contributed by atoms with Gasteiger partial charge in [0.25, 0.3) is 5.91 Å². The summed E-state index contributed by atoms with van der Waals surface area (Å²) < 4.78 is 5.82. The highest BCUT2D eigenvalue weighted by molar-refractivity contribution is 5.81. The Bertz CT molecular complexity index is 651. The van der Waals surface area contributed by atoms with Gasteiger partial charge in [0.1, 0.15) is 5.75 Å². The van der Waals surface area contributed by atoms with E-state index in [1.165, 1.54) is 5.56 Å². The quantitative estimate of drug-likeness (QED) is 0.822. The van der Waals surface area contributed by atoms with Gasteiger partial charge >= 0.3 is 0 Å². The fourth-order valence-electron chi connectivity index (χ4n) is 2.56. The van der Waals surface area contributed by atoms with Crippen molar-refractivity contribution in [3.8, 4) is 5.75 Å². The van der Waals surface area contributed by atoms with Gasteiger partial charge in [-0.3, -0.25) is 9.78 Å². The Balaban J connectivity index is 1.66. The monoisotopic (exact) mass is 310 g/mol. The summed E-state index contributed by atoms with van der Waals surface area (Å²) in [6.45, 7) is 4.47. The van der Waals surface area contributed by atoms with Crippen molar-refractivity contribution in [2.24, 2.45) is 0 Å². The average Bonchev–Trinajstić information content (AvgIpc) is 3.40. The Kier molecular flexibility index (Phi) is 4.60. The largest absolute Gasteiger partial charge is 0.481 e. The molecule has 0 saturated heterocycles. The van der Waals surface area contributed by atoms with E-state index in [0.717, 1.165) is 24.2 Å². The molecule has 23 heavy (non-hydrogen) atoms. The van der Waals surface area contributed by atoms with Crippen LogP contribution in [0.2, 0.25) is 0 Å². The smallest absolute Gasteiger partial charge is 0.263 e. The van der Waals surface area contributed by atoms with Crippen molar-refractivity contribution in [1.82, 2.24) is 9.88 Å². The summed E-state index contributed by atoms with van der Waals surface area (Å²) in [6, 6.07) is 12.0. The summed E-state index contributed by atoms with van der Waals surface area (Å²) in [6.07, 6.45) is 5.19. The van der Waals surface area contributed by atoms with Gasteiger partial charge in [0.05, 0.1) is 0 Å². The zero-order valence-corrected chi connectivity index (χ0v) is 13.6. The number of hydrogen-bond donors (Lipinski definition) is 0. The third-order valence-corrected chi connectivity index (χ3v) is 4.05. The molecule has 1 aliphatic carbocycles. The van der Waals surface area contributed by atoms with Crippen LogP contribution in [0.25, 0.3) is 0 Å². The predicted octanol–water partition coefficient (Wildman–Crippen LogP) is 3.35. The molecule has 1 aromatic heterocycles. The molecule has 1 unspecified atom stereocenters. The molecule has 0 N–H and O–H groups in total. The lowest BCUT2D eigenvalue weighted by atomic mass is 10.2. The van der Waals surface area contributed by atoms with E-state index >= 15 is 0 Å². The van der Waals surface area contributed by atoms with E-state index in [2.05, 4.69) is 4.98 Å². The second-order valence-electron chi connectivity index (χ2n) is 6.13. The summed E-state index contributed by atoms with van der Waals surface area (Å²) >= 11 is 0. The fraction of sp³-hybridized carbons (Fsp3) is 0.368. The van der Waals surface area contributed by atoms with Gasteiger partial charge in [-0.25, -0.2) is 0 Å². The lowest BCUT2D eigenvalue weighted by Gasteiger charge is -2.26. The maximum atomic E-state index is 12.8. The molecule has 1 fully saturated rings. The molecule has 4 nitrogen and oxygen atoms in total. The second kappa shape index (κ2) is 6.82. The topological polar surface area (TPSA) is 42.4 Å². The molecule has 0 spiro atoms. The molecule has 1 amide bonds. The highest BCUT2D eigenvalue weighted by Crippen LogP contribution is 2.29. The van der Waals surface area contributed by atoms with E-state index in [4.69, 9.17) is 4.74 Å². The third kappa shape index (κ3) is 4.09. The van der Waals surface area contributed by atoms with Crippen LogP contribution in [0.1, 0.15) is 30.9 Å². The Morgan fingerprint density at radius 2 is 1.87 bits per heavy atom. The number of carbonyl (C=O) groups excluding carboxylic acids is 1. The summed E-state index contributed by atoms with van der Waals surface area (Å²) in [4.78, 5) is 18.8. The first-order valence-electron chi connectivity index (χ1n) is 8.06. The molecule has 0 radical (unpaired) electrons. The van der Waals surface area contributed by atoms with E-state index in [-0.39, 0.29) is 5.91 Å². The summed E-state index contributed by atoms with van der Waals surface area (Å²) in [5.74, 6) is 0.779. The maximum Gasteiger partial charge on any atom is 0.263 e. The Morgan fingerprint density at radius 3 is 2.48 bits per heavy atom. The fourth-order valence-corrected chi connectivity index (χ4v) is 2.56. The van der Waals surface area contributed by atoms with Gasteiger partial charge in [-0.05, 0) is 56.5 Å². The SMILES string of the molecule is Cc1ccc(OC(C)C(=O)N(Cc2ccncc2)C2CC2)cc1. The first kappa shape index (κ1) is 15.5. The minimum absolute atomic E-state index is 0.0462. The molecule has 1 heterocycles. The number of benzene rings is 1. The highest BCUT2D eigenvalue weighted by Gasteiger charge is 2.35. The van der Waals surface area contributed by atoms with Gasteiger partial charge in [-0.1, -0.05) is 17.7 Å². The number of nitrogens with zero attached hydrogens (tertiary/aromatic N) is 2. The number of rotatable bonds is 6. The molecule has 2 aromatic rings. The predicted molar refractivity (Wildman–Crippen MR) is 89.1 cm³/mol. The lowest BCUT2D eigenvalue weighted by Crippen LogP contribution is -2.41. The highest BCUT2D eigenvalue weighted by atomic mass is 16.5. The Hall–Kier alpha value is -2.36. The molecule has 120 valence electrons.